The number of hydrogen-bond acceptors (Lipinski definition) is 2. The lowest BCUT2D eigenvalue weighted by atomic mass is 10.2. The topological polar surface area (TPSA) is 26.2 Å². The summed E-state index contributed by atoms with van der Waals surface area (Å²) < 4.78 is 7.90. The smallest absolute Gasteiger partial charge is 0.0652 e. The molecule has 0 radical (unpaired) electrons. The molecular weight excluding hydrogens is 212 g/mol. The van der Waals surface area contributed by atoms with Crippen molar-refractivity contribution < 1.29 is 4.74 Å². The second-order valence-electron chi connectivity index (χ2n) is 5.42. The van der Waals surface area contributed by atoms with E-state index in [9.17, 15) is 0 Å². The van der Waals surface area contributed by atoms with Crippen LogP contribution >= 0.6 is 0 Å². The number of aromatic nitrogens is 1. The molecule has 1 unspecified atom stereocenters. The van der Waals surface area contributed by atoms with E-state index in [1.807, 2.05) is 0 Å². The summed E-state index contributed by atoms with van der Waals surface area (Å²) in [6.45, 7) is 13.2. The van der Waals surface area contributed by atoms with Gasteiger partial charge in [-0.25, -0.2) is 0 Å². The maximum absolute atomic E-state index is 5.71. The molecule has 17 heavy (non-hydrogen) atoms. The third kappa shape index (κ3) is 5.37. The zero-order valence-electron chi connectivity index (χ0n) is 11.8. The molecule has 1 atom stereocenters. The minimum absolute atomic E-state index is 0.0486. The fourth-order valence-corrected chi connectivity index (χ4v) is 1.74. The molecule has 0 aliphatic carbocycles. The van der Waals surface area contributed by atoms with E-state index >= 15 is 0 Å². The number of hydrogen-bond donors (Lipinski definition) is 1. The predicted octanol–water partition coefficient (Wildman–Crippen LogP) is 2.97. The van der Waals surface area contributed by atoms with Gasteiger partial charge in [0.25, 0.3) is 0 Å². The summed E-state index contributed by atoms with van der Waals surface area (Å²) in [5.41, 5.74) is 1.29. The van der Waals surface area contributed by atoms with E-state index in [2.05, 4.69) is 63.0 Å². The summed E-state index contributed by atoms with van der Waals surface area (Å²) in [6.07, 6.45) is 4.31. The highest BCUT2D eigenvalue weighted by molar-refractivity contribution is 5.14. The zero-order valence-corrected chi connectivity index (χ0v) is 11.8. The van der Waals surface area contributed by atoms with Crippen LogP contribution < -0.4 is 5.32 Å². The van der Waals surface area contributed by atoms with Gasteiger partial charge in [0.2, 0.25) is 0 Å². The highest BCUT2D eigenvalue weighted by Gasteiger charge is 2.10. The Labute approximate surface area is 105 Å². The molecule has 1 rings (SSSR count). The third-order valence-corrected chi connectivity index (χ3v) is 2.67. The van der Waals surface area contributed by atoms with Gasteiger partial charge < -0.3 is 14.6 Å². The number of nitrogens with one attached hydrogen (secondary N) is 1. The molecule has 0 aromatic carbocycles. The first-order chi connectivity index (χ1) is 7.92. The van der Waals surface area contributed by atoms with Crippen molar-refractivity contribution in [1.82, 2.24) is 9.88 Å². The van der Waals surface area contributed by atoms with Crippen LogP contribution in [0.2, 0.25) is 0 Å². The Bertz CT molecular complexity index is 325. The predicted molar refractivity (Wildman–Crippen MR) is 72.2 cm³/mol. The molecule has 1 N–H and O–H groups in total. The number of nitrogens with zero attached hydrogens (tertiary/aromatic N) is 1. The SMILES string of the molecule is CCNC(C)c1ccn(CCOC(C)(C)C)c1. The Balaban J connectivity index is 2.40. The van der Waals surface area contributed by atoms with Gasteiger partial charge in [-0.3, -0.25) is 0 Å². The molecule has 0 aliphatic rings. The van der Waals surface area contributed by atoms with Crippen LogP contribution in [-0.4, -0.2) is 23.3 Å². The van der Waals surface area contributed by atoms with Gasteiger partial charge in [-0.05, 0) is 45.9 Å². The van der Waals surface area contributed by atoms with Crippen LogP contribution in [0.1, 0.15) is 46.2 Å². The molecule has 1 aromatic heterocycles. The molecule has 3 heteroatoms. The van der Waals surface area contributed by atoms with Crippen molar-refractivity contribution in [2.45, 2.75) is 52.8 Å². The molecule has 0 bridgehead atoms. The van der Waals surface area contributed by atoms with E-state index in [0.29, 0.717) is 6.04 Å². The summed E-state index contributed by atoms with van der Waals surface area (Å²) in [5.74, 6) is 0. The second-order valence-corrected chi connectivity index (χ2v) is 5.42. The van der Waals surface area contributed by atoms with E-state index in [-0.39, 0.29) is 5.60 Å². The summed E-state index contributed by atoms with van der Waals surface area (Å²) in [5, 5.41) is 3.41. The van der Waals surface area contributed by atoms with Crippen LogP contribution in [0, 0.1) is 0 Å². The van der Waals surface area contributed by atoms with E-state index in [1.54, 1.807) is 0 Å². The van der Waals surface area contributed by atoms with Gasteiger partial charge >= 0.3 is 0 Å². The highest BCUT2D eigenvalue weighted by atomic mass is 16.5. The number of rotatable bonds is 6. The molecule has 3 nitrogen and oxygen atoms in total. The van der Waals surface area contributed by atoms with E-state index in [1.165, 1.54) is 5.56 Å². The average molecular weight is 238 g/mol. The van der Waals surface area contributed by atoms with Crippen LogP contribution in [0.5, 0.6) is 0 Å². The van der Waals surface area contributed by atoms with Gasteiger partial charge in [-0.1, -0.05) is 6.92 Å². The minimum atomic E-state index is -0.0486. The van der Waals surface area contributed by atoms with Crippen molar-refractivity contribution in [2.24, 2.45) is 0 Å². The van der Waals surface area contributed by atoms with Crippen molar-refractivity contribution in [2.75, 3.05) is 13.2 Å². The highest BCUT2D eigenvalue weighted by Crippen LogP contribution is 2.13. The largest absolute Gasteiger partial charge is 0.374 e. The molecular formula is C14H26N2O. The number of ether oxygens (including phenoxy) is 1. The first kappa shape index (κ1) is 14.3. The van der Waals surface area contributed by atoms with Gasteiger partial charge in [0.15, 0.2) is 0 Å². The molecule has 0 aliphatic heterocycles. The van der Waals surface area contributed by atoms with Gasteiger partial charge in [0.05, 0.1) is 12.2 Å². The third-order valence-electron chi connectivity index (χ3n) is 2.67. The maximum atomic E-state index is 5.71. The van der Waals surface area contributed by atoms with Crippen molar-refractivity contribution in [3.05, 3.63) is 24.0 Å². The summed E-state index contributed by atoms with van der Waals surface area (Å²) in [6, 6.07) is 2.59. The molecule has 1 heterocycles. The lowest BCUT2D eigenvalue weighted by Crippen LogP contribution is -2.21. The molecule has 0 fully saturated rings. The van der Waals surface area contributed by atoms with Crippen LogP contribution in [-0.2, 0) is 11.3 Å². The van der Waals surface area contributed by atoms with Crippen LogP contribution in [0.15, 0.2) is 18.5 Å². The molecule has 0 spiro atoms. The van der Waals surface area contributed by atoms with Crippen molar-refractivity contribution in [3.8, 4) is 0 Å². The monoisotopic (exact) mass is 238 g/mol. The minimum Gasteiger partial charge on any atom is -0.374 e. The fraction of sp³-hybridized carbons (Fsp3) is 0.714. The van der Waals surface area contributed by atoms with E-state index < -0.39 is 0 Å². The fourth-order valence-electron chi connectivity index (χ4n) is 1.74. The van der Waals surface area contributed by atoms with Crippen molar-refractivity contribution >= 4 is 0 Å². The lowest BCUT2D eigenvalue weighted by molar-refractivity contribution is -0.00680. The summed E-state index contributed by atoms with van der Waals surface area (Å²) in [4.78, 5) is 0. The average Bonchev–Trinajstić information content (AvgIpc) is 2.65. The standard InChI is InChI=1S/C14H26N2O/c1-6-15-12(2)13-7-8-16(11-13)9-10-17-14(3,4)5/h7-8,11-12,15H,6,9-10H2,1-5H3. The Morgan fingerprint density at radius 1 is 1.41 bits per heavy atom. The van der Waals surface area contributed by atoms with Crippen molar-refractivity contribution in [1.29, 1.82) is 0 Å². The molecule has 0 amide bonds. The Morgan fingerprint density at radius 3 is 2.71 bits per heavy atom. The Hall–Kier alpha value is -0.800. The van der Waals surface area contributed by atoms with Crippen LogP contribution in [0.3, 0.4) is 0 Å². The second kappa shape index (κ2) is 6.22. The summed E-state index contributed by atoms with van der Waals surface area (Å²) in [7, 11) is 0. The van der Waals surface area contributed by atoms with Gasteiger partial charge in [0.1, 0.15) is 0 Å². The van der Waals surface area contributed by atoms with Gasteiger partial charge in [-0.2, -0.15) is 0 Å². The van der Waals surface area contributed by atoms with Gasteiger partial charge in [-0.15, -0.1) is 0 Å². The quantitative estimate of drug-likeness (QED) is 0.824. The van der Waals surface area contributed by atoms with Gasteiger partial charge in [0, 0.05) is 25.0 Å². The lowest BCUT2D eigenvalue weighted by Gasteiger charge is -2.19. The maximum Gasteiger partial charge on any atom is 0.0652 e. The normalized spacial score (nSPS) is 13.9. The Morgan fingerprint density at radius 2 is 2.12 bits per heavy atom. The van der Waals surface area contributed by atoms with Crippen molar-refractivity contribution in [3.63, 3.8) is 0 Å². The molecule has 0 saturated heterocycles. The summed E-state index contributed by atoms with van der Waals surface area (Å²) >= 11 is 0. The Kier molecular flexibility index (Phi) is 5.22. The zero-order chi connectivity index (χ0) is 12.9. The van der Waals surface area contributed by atoms with Crippen LogP contribution in [0.4, 0.5) is 0 Å². The van der Waals surface area contributed by atoms with E-state index in [4.69, 9.17) is 4.74 Å². The molecule has 1 aromatic rings. The van der Waals surface area contributed by atoms with E-state index in [0.717, 1.165) is 19.7 Å². The first-order valence-corrected chi connectivity index (χ1v) is 6.45. The first-order valence-electron chi connectivity index (χ1n) is 6.45. The molecule has 98 valence electrons. The van der Waals surface area contributed by atoms with Crippen LogP contribution in [0.25, 0.3) is 0 Å². The molecule has 0 saturated carbocycles.